The SMILES string of the molecule is CC1(Cc2cc(F)cc(F)c2)CCC=C1OS(=O)(=O)C(F)(F)F. The molecule has 0 aliphatic heterocycles. The van der Waals surface area contributed by atoms with E-state index < -0.39 is 32.7 Å². The van der Waals surface area contributed by atoms with Crippen LogP contribution in [0.1, 0.15) is 25.3 Å². The van der Waals surface area contributed by atoms with Gasteiger partial charge in [0.15, 0.2) is 0 Å². The van der Waals surface area contributed by atoms with Gasteiger partial charge in [0.25, 0.3) is 0 Å². The number of halogens is 5. The minimum absolute atomic E-state index is 0.0547. The van der Waals surface area contributed by atoms with Crippen LogP contribution in [-0.4, -0.2) is 13.9 Å². The lowest BCUT2D eigenvalue weighted by atomic mass is 9.82. The molecule has 0 heterocycles. The van der Waals surface area contributed by atoms with Gasteiger partial charge in [-0.25, -0.2) is 8.78 Å². The monoisotopic (exact) mass is 356 g/mol. The van der Waals surface area contributed by atoms with Crippen LogP contribution in [-0.2, 0) is 20.7 Å². The van der Waals surface area contributed by atoms with Crippen LogP contribution in [0.15, 0.2) is 30.0 Å². The first-order valence-electron chi connectivity index (χ1n) is 6.59. The summed E-state index contributed by atoms with van der Waals surface area (Å²) in [5.41, 5.74) is -6.44. The lowest BCUT2D eigenvalue weighted by Gasteiger charge is -2.27. The molecule has 1 aliphatic carbocycles. The summed E-state index contributed by atoms with van der Waals surface area (Å²) in [7, 11) is -5.78. The zero-order valence-corrected chi connectivity index (χ0v) is 12.8. The fourth-order valence-corrected chi connectivity index (χ4v) is 3.13. The second-order valence-corrected chi connectivity index (χ2v) is 7.14. The van der Waals surface area contributed by atoms with E-state index in [9.17, 15) is 30.4 Å². The van der Waals surface area contributed by atoms with Gasteiger partial charge in [-0.05, 0) is 43.0 Å². The number of rotatable bonds is 4. The Labute approximate surface area is 129 Å². The summed E-state index contributed by atoms with van der Waals surface area (Å²) in [5, 5.41) is 0. The van der Waals surface area contributed by atoms with Crippen molar-refractivity contribution >= 4 is 10.1 Å². The molecule has 0 spiro atoms. The molecular weight excluding hydrogens is 343 g/mol. The average Bonchev–Trinajstić information content (AvgIpc) is 2.66. The normalized spacial score (nSPS) is 22.1. The van der Waals surface area contributed by atoms with Crippen LogP contribution in [0.2, 0.25) is 0 Å². The van der Waals surface area contributed by atoms with E-state index in [4.69, 9.17) is 0 Å². The maximum absolute atomic E-state index is 13.2. The quantitative estimate of drug-likeness (QED) is 0.464. The Morgan fingerprint density at radius 2 is 1.74 bits per heavy atom. The molecule has 1 unspecified atom stereocenters. The van der Waals surface area contributed by atoms with Crippen molar-refractivity contribution in [1.82, 2.24) is 0 Å². The molecule has 0 amide bonds. The second-order valence-electron chi connectivity index (χ2n) is 5.61. The van der Waals surface area contributed by atoms with Crippen molar-refractivity contribution in [2.45, 2.75) is 31.7 Å². The molecule has 0 radical (unpaired) electrons. The van der Waals surface area contributed by atoms with Gasteiger partial charge in [0, 0.05) is 11.5 Å². The third kappa shape index (κ3) is 3.82. The van der Waals surface area contributed by atoms with Gasteiger partial charge in [0.05, 0.1) is 0 Å². The van der Waals surface area contributed by atoms with E-state index in [1.807, 2.05) is 0 Å². The van der Waals surface area contributed by atoms with Gasteiger partial charge in [-0.2, -0.15) is 21.6 Å². The maximum atomic E-state index is 13.2. The van der Waals surface area contributed by atoms with Crippen LogP contribution < -0.4 is 0 Å². The first kappa shape index (κ1) is 17.7. The van der Waals surface area contributed by atoms with Gasteiger partial charge in [0.1, 0.15) is 17.4 Å². The van der Waals surface area contributed by atoms with Gasteiger partial charge >= 0.3 is 15.6 Å². The van der Waals surface area contributed by atoms with E-state index in [2.05, 4.69) is 4.18 Å². The summed E-state index contributed by atoms with van der Waals surface area (Å²) >= 11 is 0. The van der Waals surface area contributed by atoms with Crippen molar-refractivity contribution in [2.75, 3.05) is 0 Å². The molecule has 0 fully saturated rings. The Morgan fingerprint density at radius 1 is 1.17 bits per heavy atom. The molecule has 0 saturated heterocycles. The molecular formula is C14H13F5O3S. The van der Waals surface area contributed by atoms with Crippen molar-refractivity contribution in [3.05, 3.63) is 47.2 Å². The highest BCUT2D eigenvalue weighted by molar-refractivity contribution is 7.87. The predicted octanol–water partition coefficient (Wildman–Crippen LogP) is 4.06. The van der Waals surface area contributed by atoms with Gasteiger partial charge in [0.2, 0.25) is 0 Å². The molecule has 0 N–H and O–H groups in total. The van der Waals surface area contributed by atoms with Crippen molar-refractivity contribution in [3.63, 3.8) is 0 Å². The Bertz CT molecular complexity index is 719. The first-order valence-corrected chi connectivity index (χ1v) is 8.00. The number of allylic oxidation sites excluding steroid dienone is 2. The predicted molar refractivity (Wildman–Crippen MR) is 71.5 cm³/mol. The highest BCUT2D eigenvalue weighted by Gasteiger charge is 2.51. The Balaban J connectivity index is 2.26. The smallest absolute Gasteiger partial charge is 0.380 e. The molecule has 0 saturated carbocycles. The highest BCUT2D eigenvalue weighted by atomic mass is 32.2. The fraction of sp³-hybridized carbons (Fsp3) is 0.429. The van der Waals surface area contributed by atoms with Crippen LogP contribution in [0, 0.1) is 17.0 Å². The molecule has 0 bridgehead atoms. The summed E-state index contributed by atoms with van der Waals surface area (Å²) in [4.78, 5) is 0. The number of benzene rings is 1. The standard InChI is InChI=1S/C14H13F5O3S/c1-13(8-9-5-10(15)7-11(16)6-9)4-2-3-12(13)22-23(20,21)14(17,18)19/h3,5-7H,2,4,8H2,1H3. The molecule has 128 valence electrons. The molecule has 0 aromatic heterocycles. The van der Waals surface area contributed by atoms with Crippen LogP contribution in [0.3, 0.4) is 0 Å². The third-order valence-electron chi connectivity index (χ3n) is 3.62. The minimum atomic E-state index is -5.78. The van der Waals surface area contributed by atoms with E-state index >= 15 is 0 Å². The molecule has 9 heteroatoms. The van der Waals surface area contributed by atoms with Gasteiger partial charge in [-0.3, -0.25) is 0 Å². The minimum Gasteiger partial charge on any atom is -0.380 e. The zero-order chi connectivity index (χ0) is 17.5. The summed E-state index contributed by atoms with van der Waals surface area (Å²) in [6, 6.07) is 2.76. The average molecular weight is 356 g/mol. The first-order chi connectivity index (χ1) is 10.4. The second kappa shape index (κ2) is 5.77. The zero-order valence-electron chi connectivity index (χ0n) is 12.0. The topological polar surface area (TPSA) is 43.4 Å². The van der Waals surface area contributed by atoms with E-state index in [0.717, 1.165) is 12.1 Å². The summed E-state index contributed by atoms with van der Waals surface area (Å²) in [6.07, 6.45) is 1.80. The number of alkyl halides is 3. The van der Waals surface area contributed by atoms with Crippen LogP contribution in [0.5, 0.6) is 0 Å². The van der Waals surface area contributed by atoms with Crippen molar-refractivity contribution in [2.24, 2.45) is 5.41 Å². The van der Waals surface area contributed by atoms with Crippen molar-refractivity contribution in [3.8, 4) is 0 Å². The Hall–Kier alpha value is -1.64. The van der Waals surface area contributed by atoms with Crippen molar-refractivity contribution < 1.29 is 34.6 Å². The highest BCUT2D eigenvalue weighted by Crippen LogP contribution is 2.44. The lowest BCUT2D eigenvalue weighted by molar-refractivity contribution is -0.0531. The van der Waals surface area contributed by atoms with E-state index in [1.165, 1.54) is 13.0 Å². The van der Waals surface area contributed by atoms with E-state index in [1.54, 1.807) is 0 Å². The van der Waals surface area contributed by atoms with Crippen LogP contribution in [0.4, 0.5) is 22.0 Å². The van der Waals surface area contributed by atoms with Crippen LogP contribution in [0.25, 0.3) is 0 Å². The van der Waals surface area contributed by atoms with Crippen molar-refractivity contribution in [1.29, 1.82) is 0 Å². The number of hydrogen-bond acceptors (Lipinski definition) is 3. The van der Waals surface area contributed by atoms with Gasteiger partial charge < -0.3 is 4.18 Å². The molecule has 1 aromatic rings. The Kier molecular flexibility index (Phi) is 4.44. The summed E-state index contributed by atoms with van der Waals surface area (Å²) in [5.74, 6) is -2.01. The molecule has 23 heavy (non-hydrogen) atoms. The number of hydrogen-bond donors (Lipinski definition) is 0. The largest absolute Gasteiger partial charge is 0.534 e. The molecule has 3 nitrogen and oxygen atoms in total. The summed E-state index contributed by atoms with van der Waals surface area (Å²) in [6.45, 7) is 1.49. The van der Waals surface area contributed by atoms with E-state index in [-0.39, 0.29) is 17.7 Å². The van der Waals surface area contributed by atoms with Crippen LogP contribution >= 0.6 is 0 Å². The van der Waals surface area contributed by atoms with Gasteiger partial charge in [-0.1, -0.05) is 6.92 Å². The summed E-state index contributed by atoms with van der Waals surface area (Å²) < 4.78 is 90.3. The molecule has 1 aromatic carbocycles. The van der Waals surface area contributed by atoms with Gasteiger partial charge in [-0.15, -0.1) is 0 Å². The molecule has 1 aliphatic rings. The maximum Gasteiger partial charge on any atom is 0.534 e. The lowest BCUT2D eigenvalue weighted by Crippen LogP contribution is -2.29. The molecule has 2 rings (SSSR count). The molecule has 1 atom stereocenters. The Morgan fingerprint density at radius 3 is 2.26 bits per heavy atom. The third-order valence-corrected chi connectivity index (χ3v) is 4.59. The van der Waals surface area contributed by atoms with E-state index in [0.29, 0.717) is 18.9 Å². The fourth-order valence-electron chi connectivity index (χ4n) is 2.53.